The number of esters is 2. The summed E-state index contributed by atoms with van der Waals surface area (Å²) >= 11 is 0. The van der Waals surface area contributed by atoms with Crippen LogP contribution in [0, 0.1) is 11.8 Å². The quantitative estimate of drug-likeness (QED) is 0.115. The topological polar surface area (TPSA) is 206 Å². The number of aromatic amines is 2. The molecular formula is C46H54N4O10. The maximum atomic E-state index is 13.2. The Morgan fingerprint density at radius 2 is 1.07 bits per heavy atom. The summed E-state index contributed by atoms with van der Waals surface area (Å²) in [5, 5.41) is 35.0. The van der Waals surface area contributed by atoms with Crippen molar-refractivity contribution in [3.8, 4) is 0 Å². The Morgan fingerprint density at radius 1 is 0.683 bits per heavy atom. The van der Waals surface area contributed by atoms with E-state index >= 15 is 0 Å². The normalized spacial score (nSPS) is 30.0. The summed E-state index contributed by atoms with van der Waals surface area (Å²) < 4.78 is 10.8. The number of hydrogen-bond acceptors (Lipinski definition) is 10. The summed E-state index contributed by atoms with van der Waals surface area (Å²) in [4.78, 5) is 58.4. The zero-order chi connectivity index (χ0) is 42.7. The van der Waals surface area contributed by atoms with Crippen molar-refractivity contribution in [2.75, 3.05) is 40.4 Å². The molecule has 318 valence electrons. The Balaban J connectivity index is 0.000000137. The summed E-state index contributed by atoms with van der Waals surface area (Å²) in [6.45, 7) is 8.55. The van der Waals surface area contributed by atoms with Crippen LogP contribution >= 0.6 is 0 Å². The van der Waals surface area contributed by atoms with Crippen molar-refractivity contribution in [3.63, 3.8) is 0 Å². The number of nitrogens with one attached hydrogen (secondary N) is 2. The number of carboxylic acids is 2. The molecule has 2 aliphatic carbocycles. The lowest BCUT2D eigenvalue weighted by Gasteiger charge is -2.53. The van der Waals surface area contributed by atoms with E-state index in [0.29, 0.717) is 11.8 Å². The SMILES string of the molecule is CCC1=CC2CN3CCc4c([nH]c5ccccc45)C(C(=O)OC)(C2)C13.CCC1=CC2CN3CCc4c([nH]c5ccccc45)C(C(=O)OC)(C2)C13.O=C(O)C(O)C(O)C(=O)O. The minimum Gasteiger partial charge on any atom is -0.479 e. The maximum absolute atomic E-state index is 13.2. The number of methoxy groups -OCH3 is 2. The van der Waals surface area contributed by atoms with E-state index in [-0.39, 0.29) is 24.0 Å². The monoisotopic (exact) mass is 822 g/mol. The fourth-order valence-electron chi connectivity index (χ4n) is 11.7. The fourth-order valence-corrected chi connectivity index (χ4v) is 11.7. The molecule has 10 atom stereocenters. The number of carbonyl (C=O) groups excluding carboxylic acids is 2. The molecule has 4 aromatic rings. The highest BCUT2D eigenvalue weighted by Gasteiger charge is 2.62. The van der Waals surface area contributed by atoms with Crippen LogP contribution in [0.1, 0.15) is 62.0 Å². The van der Waals surface area contributed by atoms with Gasteiger partial charge in [0.25, 0.3) is 0 Å². The first kappa shape index (κ1) is 41.5. The number of aliphatic hydroxyl groups is 2. The number of aromatic nitrogens is 2. The smallest absolute Gasteiger partial charge is 0.335 e. The number of piperidine rings is 2. The molecule has 10 unspecified atom stereocenters. The highest BCUT2D eigenvalue weighted by atomic mass is 16.5. The van der Waals surface area contributed by atoms with Gasteiger partial charge in [-0.3, -0.25) is 19.4 Å². The molecule has 8 aliphatic rings. The van der Waals surface area contributed by atoms with Crippen LogP contribution in [0.15, 0.2) is 71.8 Å². The van der Waals surface area contributed by atoms with Gasteiger partial charge in [0.15, 0.2) is 12.2 Å². The van der Waals surface area contributed by atoms with Crippen molar-refractivity contribution in [1.29, 1.82) is 0 Å². The highest BCUT2D eigenvalue weighted by Crippen LogP contribution is 2.54. The average molecular weight is 823 g/mol. The molecule has 0 spiro atoms. The lowest BCUT2D eigenvalue weighted by atomic mass is 9.60. The summed E-state index contributed by atoms with van der Waals surface area (Å²) in [7, 11) is 3.07. The summed E-state index contributed by atoms with van der Waals surface area (Å²) in [5.74, 6) is -2.85. The number of carbonyl (C=O) groups is 4. The largest absolute Gasteiger partial charge is 0.479 e. The Bertz CT molecular complexity index is 2250. The number of benzene rings is 2. The molecule has 14 nitrogen and oxygen atoms in total. The van der Waals surface area contributed by atoms with Crippen molar-refractivity contribution in [3.05, 3.63) is 94.3 Å². The van der Waals surface area contributed by atoms with Crippen LogP contribution in [0.5, 0.6) is 0 Å². The lowest BCUT2D eigenvalue weighted by molar-refractivity contribution is -0.165. The van der Waals surface area contributed by atoms with Gasteiger partial charge in [0, 0.05) is 59.4 Å². The first-order valence-corrected chi connectivity index (χ1v) is 20.9. The fraction of sp³-hybridized carbons (Fsp3) is 0.478. The number of nitrogens with zero attached hydrogens (tertiary/aromatic N) is 2. The van der Waals surface area contributed by atoms with E-state index in [1.165, 1.54) is 47.3 Å². The highest BCUT2D eigenvalue weighted by molar-refractivity contribution is 5.93. The molecule has 0 amide bonds. The molecule has 8 heterocycles. The zero-order valence-electron chi connectivity index (χ0n) is 34.4. The van der Waals surface area contributed by atoms with Crippen LogP contribution in [0.4, 0.5) is 0 Å². The number of hydrogen-bond donors (Lipinski definition) is 6. The number of carboxylic acid groups (broad SMARTS) is 2. The summed E-state index contributed by atoms with van der Waals surface area (Å²) in [6.07, 6.45) is 5.98. The molecule has 6 aliphatic heterocycles. The number of para-hydroxylation sites is 2. The van der Waals surface area contributed by atoms with E-state index in [1.54, 1.807) is 0 Å². The number of H-pyrrole nitrogens is 2. The minimum atomic E-state index is -2.27. The molecule has 60 heavy (non-hydrogen) atoms. The third kappa shape index (κ3) is 6.38. The van der Waals surface area contributed by atoms with E-state index in [4.69, 9.17) is 29.9 Å². The van der Waals surface area contributed by atoms with Gasteiger partial charge in [0.2, 0.25) is 0 Å². The molecule has 14 heteroatoms. The summed E-state index contributed by atoms with van der Waals surface area (Å²) in [6, 6.07) is 17.1. The van der Waals surface area contributed by atoms with Gasteiger partial charge >= 0.3 is 23.9 Å². The van der Waals surface area contributed by atoms with E-state index in [0.717, 1.165) is 87.1 Å². The van der Waals surface area contributed by atoms with Crippen LogP contribution in [-0.4, -0.2) is 129 Å². The number of rotatable bonds is 7. The van der Waals surface area contributed by atoms with Gasteiger partial charge in [-0.25, -0.2) is 9.59 Å². The van der Waals surface area contributed by atoms with E-state index in [1.807, 2.05) is 0 Å². The predicted octanol–water partition coefficient (Wildman–Crippen LogP) is 4.23. The average Bonchev–Trinajstić information content (AvgIpc) is 3.79. The first-order chi connectivity index (χ1) is 28.8. The van der Waals surface area contributed by atoms with Gasteiger partial charge in [-0.05, 0) is 73.6 Å². The Kier molecular flexibility index (Phi) is 11.0. The maximum Gasteiger partial charge on any atom is 0.335 e. The van der Waals surface area contributed by atoms with Gasteiger partial charge in [-0.2, -0.15) is 0 Å². The molecule has 2 aromatic heterocycles. The van der Waals surface area contributed by atoms with Gasteiger partial charge in [0.05, 0.1) is 26.3 Å². The first-order valence-electron chi connectivity index (χ1n) is 20.9. The number of aliphatic hydroxyl groups excluding tert-OH is 2. The van der Waals surface area contributed by atoms with E-state index < -0.39 is 35.0 Å². The molecule has 6 N–H and O–H groups in total. The number of fused-ring (bicyclic) bond motifs is 6. The van der Waals surface area contributed by atoms with Gasteiger partial charge in [-0.15, -0.1) is 0 Å². The van der Waals surface area contributed by atoms with Gasteiger partial charge < -0.3 is 39.9 Å². The molecule has 8 bridgehead atoms. The van der Waals surface area contributed by atoms with E-state index in [9.17, 15) is 19.2 Å². The van der Waals surface area contributed by atoms with Gasteiger partial charge in [-0.1, -0.05) is 73.5 Å². The number of ether oxygens (including phenoxy) is 2. The van der Waals surface area contributed by atoms with Crippen LogP contribution in [0.2, 0.25) is 0 Å². The second-order valence-electron chi connectivity index (χ2n) is 17.0. The van der Waals surface area contributed by atoms with Crippen molar-refractivity contribution in [2.24, 2.45) is 11.8 Å². The van der Waals surface area contributed by atoms with E-state index in [2.05, 4.69) is 94.3 Å². The molecule has 2 aromatic carbocycles. The van der Waals surface area contributed by atoms with Crippen molar-refractivity contribution in [2.45, 2.75) is 87.5 Å². The number of aliphatic carboxylic acids is 2. The Hall–Kier alpha value is -5.28. The molecule has 2 saturated heterocycles. The Labute approximate surface area is 347 Å². The third-order valence-corrected chi connectivity index (χ3v) is 13.9. The lowest BCUT2D eigenvalue weighted by Crippen LogP contribution is -2.63. The second kappa shape index (κ2) is 16.0. The minimum absolute atomic E-state index is 0.0824. The van der Waals surface area contributed by atoms with Gasteiger partial charge in [0.1, 0.15) is 10.8 Å². The summed E-state index contributed by atoms with van der Waals surface area (Å²) in [5.41, 5.74) is 8.72. The van der Waals surface area contributed by atoms with Crippen LogP contribution in [-0.2, 0) is 52.3 Å². The van der Waals surface area contributed by atoms with Crippen LogP contribution in [0.3, 0.4) is 0 Å². The van der Waals surface area contributed by atoms with Crippen molar-refractivity contribution in [1.82, 2.24) is 19.8 Å². The molecular weight excluding hydrogens is 769 g/mol. The Morgan fingerprint density at radius 3 is 1.42 bits per heavy atom. The molecule has 0 radical (unpaired) electrons. The standard InChI is InChI=1S/2C21H24N2O2.C4H6O6/c2*1-3-14-10-13-11-21(20(24)25-2)18-16(8-9-23(12-13)19(14)21)15-6-4-5-7-17(15)22-18;5-1(3(7)8)2(6)4(9)10/h2*4-7,10,13,19,22H,3,8-9,11-12H2,1-2H3;1-2,5-6H,(H,7,8)(H,9,10). The van der Waals surface area contributed by atoms with Crippen LogP contribution < -0.4 is 0 Å². The predicted molar refractivity (Wildman–Crippen MR) is 222 cm³/mol. The molecule has 0 saturated carbocycles. The third-order valence-electron chi connectivity index (χ3n) is 13.9. The van der Waals surface area contributed by atoms with Crippen molar-refractivity contribution < 1.29 is 49.1 Å². The molecule has 12 rings (SSSR count). The zero-order valence-corrected chi connectivity index (χ0v) is 34.4. The molecule has 2 fully saturated rings. The van der Waals surface area contributed by atoms with Crippen molar-refractivity contribution >= 4 is 45.7 Å². The second-order valence-corrected chi connectivity index (χ2v) is 17.0. The van der Waals surface area contributed by atoms with Crippen LogP contribution in [0.25, 0.3) is 21.8 Å².